The molecule has 3 N–H and O–H groups in total. The standard InChI is InChI=1S/C23H24F3N7O3/c1-12(23(24,25)26)28-21(35)16-4-5-17-19(30-16)33(15-7-9-32(17)11-15)22(36)31-18-10-13(6-8-27-18)20(34)29-14-2-3-14/h4-6,8,10,12,14-15H,2-3,7,9,11H2,1H3,(H,28,35)(H,29,34)(H,27,31,36)/t12-,15?/m1/s1. The molecular weight excluding hydrogens is 479 g/mol. The third-order valence-corrected chi connectivity index (χ3v) is 6.41. The number of carbonyl (C=O) groups is 3. The van der Waals surface area contributed by atoms with Crippen molar-refractivity contribution < 1.29 is 27.6 Å². The number of fused-ring (bicyclic) bond motifs is 4. The van der Waals surface area contributed by atoms with Gasteiger partial charge in [-0.2, -0.15) is 13.2 Å². The predicted octanol–water partition coefficient (Wildman–Crippen LogP) is 2.68. The van der Waals surface area contributed by atoms with Crippen molar-refractivity contribution in [1.82, 2.24) is 20.6 Å². The summed E-state index contributed by atoms with van der Waals surface area (Å²) in [5.41, 5.74) is 0.723. The van der Waals surface area contributed by atoms with E-state index in [1.54, 1.807) is 12.1 Å². The Morgan fingerprint density at radius 1 is 1.11 bits per heavy atom. The van der Waals surface area contributed by atoms with Crippen molar-refractivity contribution in [2.75, 3.05) is 28.2 Å². The molecule has 36 heavy (non-hydrogen) atoms. The zero-order valence-corrected chi connectivity index (χ0v) is 19.3. The van der Waals surface area contributed by atoms with Crippen LogP contribution >= 0.6 is 0 Å². The maximum atomic E-state index is 13.3. The smallest absolute Gasteiger partial charge is 0.366 e. The van der Waals surface area contributed by atoms with Gasteiger partial charge in [0.2, 0.25) is 0 Å². The van der Waals surface area contributed by atoms with E-state index in [1.165, 1.54) is 23.2 Å². The molecule has 1 unspecified atom stereocenters. The number of carbonyl (C=O) groups excluding carboxylic acids is 3. The third kappa shape index (κ3) is 4.77. The van der Waals surface area contributed by atoms with Crippen molar-refractivity contribution in [2.45, 2.75) is 50.5 Å². The van der Waals surface area contributed by atoms with E-state index < -0.39 is 24.2 Å². The second-order valence-electron chi connectivity index (χ2n) is 9.14. The van der Waals surface area contributed by atoms with E-state index in [0.717, 1.165) is 19.8 Å². The Labute approximate surface area is 204 Å². The molecule has 2 aromatic rings. The molecule has 1 saturated carbocycles. The Bertz CT molecular complexity index is 1220. The Hall–Kier alpha value is -3.90. The monoisotopic (exact) mass is 503 g/mol. The van der Waals surface area contributed by atoms with Crippen LogP contribution in [0.2, 0.25) is 0 Å². The number of amides is 4. The molecular formula is C23H24F3N7O3. The van der Waals surface area contributed by atoms with Crippen LogP contribution in [-0.4, -0.2) is 65.2 Å². The number of anilines is 3. The number of nitrogens with zero attached hydrogens (tertiary/aromatic N) is 4. The number of hydrogen-bond acceptors (Lipinski definition) is 6. The number of rotatable bonds is 5. The number of urea groups is 1. The van der Waals surface area contributed by atoms with Crippen molar-refractivity contribution in [1.29, 1.82) is 0 Å². The number of hydrogen-bond donors (Lipinski definition) is 3. The Morgan fingerprint density at radius 3 is 2.61 bits per heavy atom. The van der Waals surface area contributed by atoms with Crippen molar-refractivity contribution in [3.63, 3.8) is 0 Å². The van der Waals surface area contributed by atoms with E-state index in [0.29, 0.717) is 30.8 Å². The minimum Gasteiger partial charge on any atom is -0.366 e. The average molecular weight is 503 g/mol. The van der Waals surface area contributed by atoms with Crippen LogP contribution in [0.3, 0.4) is 0 Å². The van der Waals surface area contributed by atoms with Crippen molar-refractivity contribution in [3.05, 3.63) is 41.7 Å². The summed E-state index contributed by atoms with van der Waals surface area (Å²) in [7, 11) is 0. The SMILES string of the molecule is C[C@@H](NC(=O)c1ccc2c(n1)N(C(=O)Nc1cc(C(=O)NC3CC3)ccn1)C1CCN2C1)C(F)(F)F. The maximum absolute atomic E-state index is 13.3. The molecule has 1 saturated heterocycles. The summed E-state index contributed by atoms with van der Waals surface area (Å²) >= 11 is 0. The molecule has 2 atom stereocenters. The largest absolute Gasteiger partial charge is 0.408 e. The van der Waals surface area contributed by atoms with Gasteiger partial charge in [-0.25, -0.2) is 14.8 Å². The summed E-state index contributed by atoms with van der Waals surface area (Å²) < 4.78 is 38.7. The van der Waals surface area contributed by atoms with Crippen LogP contribution in [0.1, 0.15) is 47.0 Å². The molecule has 0 radical (unpaired) electrons. The van der Waals surface area contributed by atoms with Crippen LogP contribution in [-0.2, 0) is 0 Å². The van der Waals surface area contributed by atoms with E-state index in [9.17, 15) is 27.6 Å². The molecule has 190 valence electrons. The van der Waals surface area contributed by atoms with Crippen LogP contribution in [0.15, 0.2) is 30.5 Å². The summed E-state index contributed by atoms with van der Waals surface area (Å²) in [5.74, 6) is -0.906. The lowest BCUT2D eigenvalue weighted by Gasteiger charge is -2.35. The fourth-order valence-corrected chi connectivity index (χ4v) is 4.26. The summed E-state index contributed by atoms with van der Waals surface area (Å²) in [5, 5.41) is 7.46. The van der Waals surface area contributed by atoms with Crippen molar-refractivity contribution >= 4 is 35.2 Å². The zero-order chi connectivity index (χ0) is 25.6. The zero-order valence-electron chi connectivity index (χ0n) is 19.3. The lowest BCUT2D eigenvalue weighted by molar-refractivity contribution is -0.149. The highest BCUT2D eigenvalue weighted by Gasteiger charge is 2.41. The number of alkyl halides is 3. The molecule has 4 amide bonds. The molecule has 2 aromatic heterocycles. The van der Waals surface area contributed by atoms with Crippen LogP contribution in [0.25, 0.3) is 0 Å². The normalized spacial score (nSPS) is 19.4. The highest BCUT2D eigenvalue weighted by Crippen LogP contribution is 2.39. The number of pyridine rings is 2. The fraction of sp³-hybridized carbons (Fsp3) is 0.435. The summed E-state index contributed by atoms with van der Waals surface area (Å²) in [6.07, 6.45) is -0.655. The second kappa shape index (κ2) is 8.95. The lowest BCUT2D eigenvalue weighted by atomic mass is 10.1. The molecule has 3 aliphatic rings. The van der Waals surface area contributed by atoms with Gasteiger partial charge >= 0.3 is 12.2 Å². The van der Waals surface area contributed by atoms with Gasteiger partial charge < -0.3 is 15.5 Å². The quantitative estimate of drug-likeness (QED) is 0.577. The molecule has 13 heteroatoms. The van der Waals surface area contributed by atoms with E-state index >= 15 is 0 Å². The summed E-state index contributed by atoms with van der Waals surface area (Å²) in [6, 6.07) is 3.24. The minimum atomic E-state index is -4.60. The fourth-order valence-electron chi connectivity index (χ4n) is 4.26. The van der Waals surface area contributed by atoms with Gasteiger partial charge in [-0.15, -0.1) is 0 Å². The molecule has 2 fully saturated rings. The van der Waals surface area contributed by atoms with Crippen LogP contribution in [0.5, 0.6) is 0 Å². The Kier molecular flexibility index (Phi) is 5.92. The first kappa shape index (κ1) is 23.8. The van der Waals surface area contributed by atoms with Crippen molar-refractivity contribution in [3.8, 4) is 0 Å². The highest BCUT2D eigenvalue weighted by atomic mass is 19.4. The van der Waals surface area contributed by atoms with Crippen LogP contribution in [0.4, 0.5) is 35.3 Å². The van der Waals surface area contributed by atoms with Gasteiger partial charge in [-0.1, -0.05) is 0 Å². The molecule has 0 spiro atoms. The third-order valence-electron chi connectivity index (χ3n) is 6.41. The lowest BCUT2D eigenvalue weighted by Crippen LogP contribution is -2.49. The Balaban J connectivity index is 1.38. The molecule has 10 nitrogen and oxygen atoms in total. The van der Waals surface area contributed by atoms with Gasteiger partial charge in [-0.05, 0) is 50.5 Å². The number of aromatic nitrogens is 2. The summed E-state index contributed by atoms with van der Waals surface area (Å²) in [6.45, 7) is 2.05. The van der Waals surface area contributed by atoms with Gasteiger partial charge in [0.15, 0.2) is 5.82 Å². The first-order valence-electron chi connectivity index (χ1n) is 11.6. The molecule has 0 aromatic carbocycles. The van der Waals surface area contributed by atoms with Gasteiger partial charge in [0, 0.05) is 30.9 Å². The number of nitrogens with one attached hydrogen (secondary N) is 3. The van der Waals surface area contributed by atoms with Gasteiger partial charge in [-0.3, -0.25) is 19.8 Å². The predicted molar refractivity (Wildman–Crippen MR) is 124 cm³/mol. The first-order chi connectivity index (χ1) is 17.1. The van der Waals surface area contributed by atoms with Gasteiger partial charge in [0.1, 0.15) is 17.6 Å². The highest BCUT2D eigenvalue weighted by molar-refractivity contribution is 6.05. The van der Waals surface area contributed by atoms with E-state index in [1.807, 2.05) is 10.2 Å². The molecule has 4 heterocycles. The molecule has 2 bridgehead atoms. The van der Waals surface area contributed by atoms with Gasteiger partial charge in [0.05, 0.1) is 11.7 Å². The second-order valence-corrected chi connectivity index (χ2v) is 9.14. The molecule has 2 aliphatic heterocycles. The molecule has 5 rings (SSSR count). The van der Waals surface area contributed by atoms with E-state index in [2.05, 4.69) is 20.6 Å². The van der Waals surface area contributed by atoms with E-state index in [4.69, 9.17) is 0 Å². The molecule has 1 aliphatic carbocycles. The first-order valence-corrected chi connectivity index (χ1v) is 11.6. The van der Waals surface area contributed by atoms with E-state index in [-0.39, 0.29) is 35.3 Å². The Morgan fingerprint density at radius 2 is 1.89 bits per heavy atom. The van der Waals surface area contributed by atoms with Crippen LogP contribution < -0.4 is 25.8 Å². The van der Waals surface area contributed by atoms with Crippen LogP contribution in [0, 0.1) is 0 Å². The number of halogens is 3. The topological polar surface area (TPSA) is 120 Å². The maximum Gasteiger partial charge on any atom is 0.408 e. The van der Waals surface area contributed by atoms with Gasteiger partial charge in [0.25, 0.3) is 11.8 Å². The average Bonchev–Trinajstić information content (AvgIpc) is 3.55. The summed E-state index contributed by atoms with van der Waals surface area (Å²) in [4.78, 5) is 50.0. The minimum absolute atomic E-state index is 0.165. The van der Waals surface area contributed by atoms with Crippen molar-refractivity contribution in [2.24, 2.45) is 0 Å².